The van der Waals surface area contributed by atoms with E-state index in [-0.39, 0.29) is 11.5 Å². The lowest BCUT2D eigenvalue weighted by atomic mass is 10.0. The maximum Gasteiger partial charge on any atom is 0.338 e. The van der Waals surface area contributed by atoms with Crippen molar-refractivity contribution in [2.75, 3.05) is 6.61 Å². The summed E-state index contributed by atoms with van der Waals surface area (Å²) in [6, 6.07) is 3.88. The van der Waals surface area contributed by atoms with E-state index in [4.69, 9.17) is 10.2 Å². The minimum atomic E-state index is -2.44. The quantitative estimate of drug-likeness (QED) is 0.277. The van der Waals surface area contributed by atoms with Crippen molar-refractivity contribution in [1.82, 2.24) is 0 Å². The number of carboxylic acid groups (broad SMARTS) is 1. The molecule has 0 saturated carbocycles. The van der Waals surface area contributed by atoms with Crippen LogP contribution in [0.2, 0.25) is 0 Å². The molecule has 22 heavy (non-hydrogen) atoms. The Hall–Kier alpha value is -2.58. The first-order chi connectivity index (χ1) is 10.1. The number of hydrogen-bond acceptors (Lipinski definition) is 7. The Morgan fingerprint density at radius 3 is 2.50 bits per heavy atom. The van der Waals surface area contributed by atoms with Gasteiger partial charge < -0.3 is 30.3 Å². The van der Waals surface area contributed by atoms with Gasteiger partial charge in [-0.3, -0.25) is 0 Å². The van der Waals surface area contributed by atoms with Crippen LogP contribution in [0.4, 0.5) is 0 Å². The molecule has 0 radical (unpaired) electrons. The van der Waals surface area contributed by atoms with Crippen LogP contribution in [0.5, 0.6) is 11.5 Å². The minimum absolute atomic E-state index is 0.307. The predicted octanol–water partition coefficient (Wildman–Crippen LogP) is -0.149. The van der Waals surface area contributed by atoms with Gasteiger partial charge in [0.25, 0.3) is 0 Å². The van der Waals surface area contributed by atoms with Crippen LogP contribution in [-0.4, -0.2) is 55.8 Å². The number of aromatic hydroxyl groups is 2. The molecular weight excluding hydrogens is 296 g/mol. The number of phenols is 2. The van der Waals surface area contributed by atoms with Crippen molar-refractivity contribution in [1.29, 1.82) is 0 Å². The molecule has 8 heteroatoms. The second-order valence-electron chi connectivity index (χ2n) is 4.68. The third-order valence-corrected chi connectivity index (χ3v) is 2.88. The number of aliphatic carboxylic acids is 1. The fourth-order valence-electron chi connectivity index (χ4n) is 1.32. The fourth-order valence-corrected chi connectivity index (χ4v) is 1.32. The van der Waals surface area contributed by atoms with Crippen LogP contribution in [0.1, 0.15) is 12.5 Å². The molecule has 0 aliphatic heterocycles. The normalized spacial score (nSPS) is 15.2. The van der Waals surface area contributed by atoms with Gasteiger partial charge >= 0.3 is 11.9 Å². The third kappa shape index (κ3) is 4.47. The Bertz CT molecular complexity index is 591. The Balaban J connectivity index is 2.58. The Morgan fingerprint density at radius 2 is 1.95 bits per heavy atom. The van der Waals surface area contributed by atoms with E-state index in [1.165, 1.54) is 24.3 Å². The number of hydrogen-bond donors (Lipinski definition) is 5. The van der Waals surface area contributed by atoms with E-state index < -0.39 is 30.3 Å². The second-order valence-corrected chi connectivity index (χ2v) is 4.68. The second kappa shape index (κ2) is 6.92. The highest BCUT2D eigenvalue weighted by Gasteiger charge is 2.39. The number of carboxylic acids is 1. The number of carbonyl (C=O) groups is 2. The monoisotopic (exact) mass is 312 g/mol. The molecule has 0 aliphatic rings. The topological polar surface area (TPSA) is 145 Å². The lowest BCUT2D eigenvalue weighted by Crippen LogP contribution is -2.49. The summed E-state index contributed by atoms with van der Waals surface area (Å²) in [6.45, 7) is 0.173. The number of aliphatic hydroxyl groups is 2. The number of carbonyl (C=O) groups excluding carboxylic acids is 1. The molecule has 0 fully saturated rings. The van der Waals surface area contributed by atoms with Crippen LogP contribution < -0.4 is 0 Å². The van der Waals surface area contributed by atoms with Crippen molar-refractivity contribution >= 4 is 18.0 Å². The summed E-state index contributed by atoms with van der Waals surface area (Å²) in [5.74, 6) is -3.19. The summed E-state index contributed by atoms with van der Waals surface area (Å²) < 4.78 is 4.61. The zero-order valence-corrected chi connectivity index (χ0v) is 11.6. The number of rotatable bonds is 6. The molecule has 120 valence electrons. The van der Waals surface area contributed by atoms with E-state index >= 15 is 0 Å². The van der Waals surface area contributed by atoms with Gasteiger partial charge in [0.2, 0.25) is 0 Å². The summed E-state index contributed by atoms with van der Waals surface area (Å²) in [7, 11) is 0. The minimum Gasteiger partial charge on any atom is -0.504 e. The Kier molecular flexibility index (Phi) is 5.50. The van der Waals surface area contributed by atoms with E-state index in [0.717, 1.165) is 13.0 Å². The van der Waals surface area contributed by atoms with Gasteiger partial charge in [0.15, 0.2) is 17.1 Å². The molecule has 0 aromatic heterocycles. The molecule has 0 heterocycles. The number of ether oxygens (including phenoxy) is 1. The van der Waals surface area contributed by atoms with Gasteiger partial charge in [-0.2, -0.15) is 0 Å². The molecule has 5 N–H and O–H groups in total. The van der Waals surface area contributed by atoms with Crippen molar-refractivity contribution in [2.45, 2.75) is 18.6 Å². The van der Waals surface area contributed by atoms with E-state index in [1.54, 1.807) is 0 Å². The molecule has 0 aliphatic carbocycles. The standard InChI is InChI=1S/C14H16O8/c1-14(21,13(19)20)11(17)7-22-12(18)5-3-8-2-4-9(15)10(16)6-8/h2-6,11,15-17,21H,7H2,1H3,(H,19,20)/b5-3+. The van der Waals surface area contributed by atoms with Gasteiger partial charge in [-0.1, -0.05) is 6.07 Å². The maximum absolute atomic E-state index is 11.4. The molecule has 2 atom stereocenters. The average molecular weight is 312 g/mol. The summed E-state index contributed by atoms with van der Waals surface area (Å²) in [5.41, 5.74) is -2.03. The van der Waals surface area contributed by atoms with Gasteiger partial charge in [0.1, 0.15) is 12.7 Å². The number of benzene rings is 1. The molecule has 0 saturated heterocycles. The molecule has 0 amide bonds. The lowest BCUT2D eigenvalue weighted by Gasteiger charge is -2.23. The molecule has 1 aromatic carbocycles. The van der Waals surface area contributed by atoms with Gasteiger partial charge in [0.05, 0.1) is 0 Å². The molecule has 1 rings (SSSR count). The molecule has 0 spiro atoms. The van der Waals surface area contributed by atoms with Crippen molar-refractivity contribution in [3.63, 3.8) is 0 Å². The van der Waals surface area contributed by atoms with E-state index in [1.807, 2.05) is 0 Å². The van der Waals surface area contributed by atoms with Crippen molar-refractivity contribution in [2.24, 2.45) is 0 Å². The van der Waals surface area contributed by atoms with Crippen LogP contribution in [0.3, 0.4) is 0 Å². The number of phenolic OH excluding ortho intramolecular Hbond substituents is 2. The first-order valence-electron chi connectivity index (χ1n) is 6.15. The Morgan fingerprint density at radius 1 is 1.32 bits per heavy atom. The fraction of sp³-hybridized carbons (Fsp3) is 0.286. The van der Waals surface area contributed by atoms with Crippen LogP contribution >= 0.6 is 0 Å². The molecule has 8 nitrogen and oxygen atoms in total. The largest absolute Gasteiger partial charge is 0.504 e. The van der Waals surface area contributed by atoms with Crippen molar-refractivity contribution < 1.29 is 39.9 Å². The average Bonchev–Trinajstić information content (AvgIpc) is 2.45. The molecule has 0 bridgehead atoms. The van der Waals surface area contributed by atoms with E-state index in [9.17, 15) is 24.9 Å². The van der Waals surface area contributed by atoms with Crippen LogP contribution in [0.15, 0.2) is 24.3 Å². The van der Waals surface area contributed by atoms with Gasteiger partial charge in [0, 0.05) is 6.08 Å². The highest BCUT2D eigenvalue weighted by Crippen LogP contribution is 2.25. The van der Waals surface area contributed by atoms with Crippen LogP contribution in [-0.2, 0) is 14.3 Å². The lowest BCUT2D eigenvalue weighted by molar-refractivity contribution is -0.175. The summed E-state index contributed by atoms with van der Waals surface area (Å²) in [5, 5.41) is 45.9. The first kappa shape index (κ1) is 17.5. The highest BCUT2D eigenvalue weighted by atomic mass is 16.5. The molecule has 1 aromatic rings. The zero-order chi connectivity index (χ0) is 16.9. The Labute approximate surface area is 125 Å². The summed E-state index contributed by atoms with van der Waals surface area (Å²) in [6.07, 6.45) is 0.470. The SMILES string of the molecule is CC(O)(C(=O)O)C(O)COC(=O)/C=C/c1ccc(O)c(O)c1. The van der Waals surface area contributed by atoms with Crippen LogP contribution in [0, 0.1) is 0 Å². The zero-order valence-electron chi connectivity index (χ0n) is 11.6. The maximum atomic E-state index is 11.4. The van der Waals surface area contributed by atoms with E-state index in [0.29, 0.717) is 5.56 Å². The van der Waals surface area contributed by atoms with Crippen molar-refractivity contribution in [3.8, 4) is 11.5 Å². The third-order valence-electron chi connectivity index (χ3n) is 2.88. The first-order valence-corrected chi connectivity index (χ1v) is 6.15. The van der Waals surface area contributed by atoms with Gasteiger partial charge in [-0.15, -0.1) is 0 Å². The summed E-state index contributed by atoms with van der Waals surface area (Å²) in [4.78, 5) is 22.1. The predicted molar refractivity (Wildman–Crippen MR) is 74.0 cm³/mol. The van der Waals surface area contributed by atoms with E-state index in [2.05, 4.69) is 4.74 Å². The molecule has 2 unspecified atom stereocenters. The summed E-state index contributed by atoms with van der Waals surface area (Å²) >= 11 is 0. The van der Waals surface area contributed by atoms with Gasteiger partial charge in [-0.25, -0.2) is 9.59 Å². The van der Waals surface area contributed by atoms with Gasteiger partial charge in [-0.05, 0) is 30.7 Å². The molecular formula is C14H16O8. The van der Waals surface area contributed by atoms with Crippen LogP contribution in [0.25, 0.3) is 6.08 Å². The number of aliphatic hydroxyl groups excluding tert-OH is 1. The number of esters is 1. The smallest absolute Gasteiger partial charge is 0.338 e. The highest BCUT2D eigenvalue weighted by molar-refractivity contribution is 5.87. The van der Waals surface area contributed by atoms with Crippen molar-refractivity contribution in [3.05, 3.63) is 29.8 Å².